The summed E-state index contributed by atoms with van der Waals surface area (Å²) in [7, 11) is 0. The van der Waals surface area contributed by atoms with Crippen LogP contribution in [-0.4, -0.2) is 17.9 Å². The molecule has 2 N–H and O–H groups in total. The molecular formula is C5H11Cl2NO. The lowest BCUT2D eigenvalue weighted by atomic mass is 10.2. The minimum absolute atomic E-state index is 0.0278. The van der Waals surface area contributed by atoms with Crippen molar-refractivity contribution in [2.24, 2.45) is 5.90 Å². The summed E-state index contributed by atoms with van der Waals surface area (Å²) >= 11 is 10.9. The summed E-state index contributed by atoms with van der Waals surface area (Å²) in [5, 5.41) is 0. The molecule has 56 valence electrons. The fraction of sp³-hybridized carbons (Fsp3) is 1.00. The van der Waals surface area contributed by atoms with Crippen molar-refractivity contribution >= 4 is 23.2 Å². The number of hydrogen-bond acceptors (Lipinski definition) is 2. The van der Waals surface area contributed by atoms with Crippen LogP contribution in [0.25, 0.3) is 0 Å². The summed E-state index contributed by atoms with van der Waals surface area (Å²) < 4.78 is 0. The molecule has 4 heteroatoms. The summed E-state index contributed by atoms with van der Waals surface area (Å²) in [5.41, 5.74) is 0. The Balaban J connectivity index is 3.18. The van der Waals surface area contributed by atoms with Gasteiger partial charge in [0, 0.05) is 11.8 Å². The Morgan fingerprint density at radius 2 is 1.67 bits per heavy atom. The topological polar surface area (TPSA) is 35.2 Å². The number of nitrogens with two attached hydrogens (primary N) is 1. The van der Waals surface area contributed by atoms with Gasteiger partial charge < -0.3 is 4.84 Å². The molecule has 0 aliphatic rings. The first kappa shape index (κ1) is 9.50. The van der Waals surface area contributed by atoms with Gasteiger partial charge in [0.05, 0.1) is 6.10 Å². The lowest BCUT2D eigenvalue weighted by Gasteiger charge is -2.09. The molecule has 0 atom stereocenters. The van der Waals surface area contributed by atoms with E-state index in [4.69, 9.17) is 29.1 Å². The second kappa shape index (κ2) is 6.62. The summed E-state index contributed by atoms with van der Waals surface area (Å²) in [6, 6.07) is 0. The van der Waals surface area contributed by atoms with Crippen LogP contribution in [0.2, 0.25) is 0 Å². The van der Waals surface area contributed by atoms with Crippen molar-refractivity contribution in [3.8, 4) is 0 Å². The Bertz CT molecular complexity index is 56.9. The fourth-order valence-corrected chi connectivity index (χ4v) is 1.01. The predicted octanol–water partition coefficient (Wildman–Crippen LogP) is 1.50. The van der Waals surface area contributed by atoms with E-state index in [9.17, 15) is 0 Å². The lowest BCUT2D eigenvalue weighted by molar-refractivity contribution is 0.0495. The second-order valence-corrected chi connectivity index (χ2v) is 2.47. The normalized spacial score (nSPS) is 10.7. The van der Waals surface area contributed by atoms with Gasteiger partial charge in [-0.1, -0.05) is 0 Å². The van der Waals surface area contributed by atoms with Gasteiger partial charge in [0.25, 0.3) is 0 Å². The van der Waals surface area contributed by atoms with Gasteiger partial charge in [0.1, 0.15) is 0 Å². The zero-order valence-corrected chi connectivity index (χ0v) is 6.66. The minimum Gasteiger partial charge on any atom is -0.301 e. The Kier molecular flexibility index (Phi) is 6.99. The van der Waals surface area contributed by atoms with Crippen LogP contribution in [0.5, 0.6) is 0 Å². The molecule has 0 aromatic rings. The molecule has 0 aliphatic carbocycles. The quantitative estimate of drug-likeness (QED) is 0.503. The molecule has 9 heavy (non-hydrogen) atoms. The van der Waals surface area contributed by atoms with E-state index >= 15 is 0 Å². The molecule has 0 heterocycles. The highest BCUT2D eigenvalue weighted by Crippen LogP contribution is 2.03. The van der Waals surface area contributed by atoms with Gasteiger partial charge in [0.2, 0.25) is 0 Å². The molecule has 2 nitrogen and oxygen atoms in total. The van der Waals surface area contributed by atoms with Crippen molar-refractivity contribution in [3.63, 3.8) is 0 Å². The average molecular weight is 172 g/mol. The molecule has 0 spiro atoms. The molecule has 0 unspecified atom stereocenters. The van der Waals surface area contributed by atoms with Crippen molar-refractivity contribution in [2.75, 3.05) is 11.8 Å². The maximum Gasteiger partial charge on any atom is 0.0810 e. The zero-order valence-electron chi connectivity index (χ0n) is 5.15. The van der Waals surface area contributed by atoms with Gasteiger partial charge in [-0.3, -0.25) is 0 Å². The third-order valence-electron chi connectivity index (χ3n) is 1.05. The van der Waals surface area contributed by atoms with Crippen molar-refractivity contribution in [3.05, 3.63) is 0 Å². The van der Waals surface area contributed by atoms with E-state index in [1.165, 1.54) is 0 Å². The molecule has 0 amide bonds. The Morgan fingerprint density at radius 3 is 1.89 bits per heavy atom. The first-order valence-corrected chi connectivity index (χ1v) is 3.89. The summed E-state index contributed by atoms with van der Waals surface area (Å²) in [4.78, 5) is 4.56. The van der Waals surface area contributed by atoms with Crippen molar-refractivity contribution < 1.29 is 4.84 Å². The van der Waals surface area contributed by atoms with E-state index in [2.05, 4.69) is 4.84 Å². The second-order valence-electron chi connectivity index (χ2n) is 1.71. The van der Waals surface area contributed by atoms with Crippen LogP contribution < -0.4 is 5.90 Å². The number of alkyl halides is 2. The van der Waals surface area contributed by atoms with E-state index in [1.54, 1.807) is 0 Å². The molecule has 0 aliphatic heterocycles. The van der Waals surface area contributed by atoms with Crippen LogP contribution in [0.3, 0.4) is 0 Å². The maximum atomic E-state index is 5.43. The van der Waals surface area contributed by atoms with Gasteiger partial charge in [-0.15, -0.1) is 23.2 Å². The van der Waals surface area contributed by atoms with Crippen LogP contribution >= 0.6 is 23.2 Å². The predicted molar refractivity (Wildman–Crippen MR) is 39.7 cm³/mol. The monoisotopic (exact) mass is 171 g/mol. The van der Waals surface area contributed by atoms with Crippen LogP contribution in [0.4, 0.5) is 0 Å². The summed E-state index contributed by atoms with van der Waals surface area (Å²) in [6.45, 7) is 0. The molecule has 0 radical (unpaired) electrons. The third-order valence-corrected chi connectivity index (χ3v) is 1.49. The van der Waals surface area contributed by atoms with Crippen molar-refractivity contribution in [1.82, 2.24) is 0 Å². The highest BCUT2D eigenvalue weighted by Gasteiger charge is 2.04. The third kappa shape index (κ3) is 4.97. The van der Waals surface area contributed by atoms with Crippen molar-refractivity contribution in [2.45, 2.75) is 18.9 Å². The van der Waals surface area contributed by atoms with Crippen LogP contribution in [0, 0.1) is 0 Å². The van der Waals surface area contributed by atoms with Crippen LogP contribution in [-0.2, 0) is 4.84 Å². The van der Waals surface area contributed by atoms with Gasteiger partial charge in [-0.05, 0) is 12.8 Å². The molecule has 0 fully saturated rings. The Hall–Kier alpha value is 0.500. The fourth-order valence-electron chi connectivity index (χ4n) is 0.524. The molecular weight excluding hydrogens is 161 g/mol. The molecule has 0 aromatic heterocycles. The Morgan fingerprint density at radius 1 is 1.22 bits per heavy atom. The Labute approximate surface area is 65.2 Å². The SMILES string of the molecule is NOC(CCCl)CCCl. The first-order valence-electron chi connectivity index (χ1n) is 2.82. The first-order chi connectivity index (χ1) is 4.35. The largest absolute Gasteiger partial charge is 0.301 e. The smallest absolute Gasteiger partial charge is 0.0810 e. The molecule has 0 aromatic carbocycles. The average Bonchev–Trinajstić information content (AvgIpc) is 1.88. The van der Waals surface area contributed by atoms with Gasteiger partial charge in [0.15, 0.2) is 0 Å². The van der Waals surface area contributed by atoms with Crippen LogP contribution in [0.15, 0.2) is 0 Å². The number of hydrogen-bond donors (Lipinski definition) is 1. The number of halogens is 2. The van der Waals surface area contributed by atoms with Gasteiger partial charge in [-0.2, -0.15) is 0 Å². The zero-order chi connectivity index (χ0) is 7.11. The van der Waals surface area contributed by atoms with Crippen LogP contribution in [0.1, 0.15) is 12.8 Å². The maximum absolute atomic E-state index is 5.43. The minimum atomic E-state index is 0.0278. The van der Waals surface area contributed by atoms with E-state index in [0.717, 1.165) is 12.8 Å². The van der Waals surface area contributed by atoms with Gasteiger partial charge >= 0.3 is 0 Å². The summed E-state index contributed by atoms with van der Waals surface area (Å²) in [6.07, 6.45) is 1.57. The molecule has 0 bridgehead atoms. The molecule has 0 rings (SSSR count). The highest BCUT2D eigenvalue weighted by molar-refractivity contribution is 6.18. The number of rotatable bonds is 5. The standard InChI is InChI=1S/C5H11Cl2NO/c6-3-1-5(9-8)2-4-7/h5H,1-4,8H2. The van der Waals surface area contributed by atoms with Gasteiger partial charge in [-0.25, -0.2) is 5.90 Å². The molecule has 0 saturated heterocycles. The van der Waals surface area contributed by atoms with Crippen molar-refractivity contribution in [1.29, 1.82) is 0 Å². The van der Waals surface area contributed by atoms with E-state index in [-0.39, 0.29) is 6.10 Å². The lowest BCUT2D eigenvalue weighted by Crippen LogP contribution is -2.18. The summed E-state index contributed by atoms with van der Waals surface area (Å²) in [5.74, 6) is 6.06. The van der Waals surface area contributed by atoms with E-state index in [0.29, 0.717) is 11.8 Å². The van der Waals surface area contributed by atoms with E-state index in [1.807, 2.05) is 0 Å². The highest BCUT2D eigenvalue weighted by atomic mass is 35.5. The van der Waals surface area contributed by atoms with E-state index < -0.39 is 0 Å². The molecule has 0 saturated carbocycles.